The average Bonchev–Trinajstić information content (AvgIpc) is 2.32. The second-order valence-electron chi connectivity index (χ2n) is 3.08. The van der Waals surface area contributed by atoms with Crippen molar-refractivity contribution in [3.05, 3.63) is 48.0 Å². The zero-order valence-corrected chi connectivity index (χ0v) is 9.32. The average molecular weight is 250 g/mol. The number of nitrogens with zero attached hydrogens (tertiary/aromatic N) is 2. The second-order valence-corrected chi connectivity index (χ2v) is 4.09. The van der Waals surface area contributed by atoms with E-state index in [1.54, 1.807) is 18.5 Å². The quantitative estimate of drug-likeness (QED) is 0.848. The first-order chi connectivity index (χ1) is 8.16. The molecule has 0 radical (unpaired) electrons. The fourth-order valence-corrected chi connectivity index (χ4v) is 2.01. The minimum Gasteiger partial charge on any atom is -0.478 e. The van der Waals surface area contributed by atoms with Crippen LogP contribution in [0.15, 0.2) is 46.7 Å². The van der Waals surface area contributed by atoms with Gasteiger partial charge in [-0.15, -0.1) is 0 Å². The summed E-state index contributed by atoms with van der Waals surface area (Å²) >= 11 is 1.08. The molecule has 1 heterocycles. The molecule has 0 aliphatic rings. The van der Waals surface area contributed by atoms with Gasteiger partial charge in [0.05, 0.1) is 5.56 Å². The number of carboxylic acid groups (broad SMARTS) is 1. The number of hydrogen-bond acceptors (Lipinski definition) is 4. The molecule has 17 heavy (non-hydrogen) atoms. The molecule has 0 aliphatic carbocycles. The fraction of sp³-hybridized carbons (Fsp3) is 0. The SMILES string of the molecule is O=C(O)c1cc(F)ccc1Sc1ncccn1. The third-order valence-electron chi connectivity index (χ3n) is 1.92. The van der Waals surface area contributed by atoms with E-state index in [0.717, 1.165) is 17.8 Å². The maximum atomic E-state index is 12.9. The van der Waals surface area contributed by atoms with Crippen molar-refractivity contribution >= 4 is 17.7 Å². The van der Waals surface area contributed by atoms with E-state index < -0.39 is 11.8 Å². The van der Waals surface area contributed by atoms with Gasteiger partial charge in [0.1, 0.15) is 5.82 Å². The Bertz CT molecular complexity index is 548. The smallest absolute Gasteiger partial charge is 0.336 e. The van der Waals surface area contributed by atoms with Gasteiger partial charge in [-0.25, -0.2) is 19.2 Å². The van der Waals surface area contributed by atoms with Crippen molar-refractivity contribution in [3.8, 4) is 0 Å². The van der Waals surface area contributed by atoms with Crippen LogP contribution in [0.2, 0.25) is 0 Å². The Labute approximate surface area is 101 Å². The summed E-state index contributed by atoms with van der Waals surface area (Å²) in [6, 6.07) is 5.25. The zero-order valence-electron chi connectivity index (χ0n) is 8.50. The van der Waals surface area contributed by atoms with Gasteiger partial charge >= 0.3 is 5.97 Å². The maximum absolute atomic E-state index is 12.9. The second kappa shape index (κ2) is 4.92. The molecule has 0 fully saturated rings. The lowest BCUT2D eigenvalue weighted by atomic mass is 10.2. The van der Waals surface area contributed by atoms with Crippen molar-refractivity contribution < 1.29 is 14.3 Å². The molecule has 0 amide bonds. The summed E-state index contributed by atoms with van der Waals surface area (Å²) in [5, 5.41) is 9.37. The number of aromatic carboxylic acids is 1. The molecule has 0 saturated carbocycles. The molecule has 6 heteroatoms. The maximum Gasteiger partial charge on any atom is 0.336 e. The minimum absolute atomic E-state index is 0.0950. The highest BCUT2D eigenvalue weighted by atomic mass is 32.2. The number of carbonyl (C=O) groups is 1. The molecule has 0 aliphatic heterocycles. The third-order valence-corrected chi connectivity index (χ3v) is 2.88. The molecule has 0 unspecified atom stereocenters. The van der Waals surface area contributed by atoms with Crippen molar-refractivity contribution in [1.82, 2.24) is 9.97 Å². The van der Waals surface area contributed by atoms with E-state index in [0.29, 0.717) is 10.1 Å². The van der Waals surface area contributed by atoms with Crippen LogP contribution in [0.5, 0.6) is 0 Å². The van der Waals surface area contributed by atoms with Gasteiger partial charge in [0.2, 0.25) is 0 Å². The van der Waals surface area contributed by atoms with E-state index >= 15 is 0 Å². The molecular formula is C11H7FN2O2S. The normalized spacial score (nSPS) is 10.2. The highest BCUT2D eigenvalue weighted by Crippen LogP contribution is 2.28. The van der Waals surface area contributed by atoms with E-state index in [2.05, 4.69) is 9.97 Å². The predicted octanol–water partition coefficient (Wildman–Crippen LogP) is 2.47. The molecule has 86 valence electrons. The summed E-state index contributed by atoms with van der Waals surface area (Å²) in [6.45, 7) is 0. The lowest BCUT2D eigenvalue weighted by Crippen LogP contribution is -2.00. The summed E-state index contributed by atoms with van der Waals surface area (Å²) in [5.74, 6) is -1.76. The Hall–Kier alpha value is -1.95. The van der Waals surface area contributed by atoms with Crippen LogP contribution in [-0.4, -0.2) is 21.0 Å². The minimum atomic E-state index is -1.18. The van der Waals surface area contributed by atoms with E-state index in [9.17, 15) is 9.18 Å². The topological polar surface area (TPSA) is 63.1 Å². The Balaban J connectivity index is 2.36. The van der Waals surface area contributed by atoms with Crippen molar-refractivity contribution in [2.24, 2.45) is 0 Å². The van der Waals surface area contributed by atoms with Crippen LogP contribution in [-0.2, 0) is 0 Å². The van der Waals surface area contributed by atoms with E-state index in [1.807, 2.05) is 0 Å². The van der Waals surface area contributed by atoms with E-state index in [1.165, 1.54) is 12.1 Å². The first kappa shape index (κ1) is 11.5. The highest BCUT2D eigenvalue weighted by Gasteiger charge is 2.13. The van der Waals surface area contributed by atoms with Gasteiger partial charge in [0.15, 0.2) is 5.16 Å². The monoisotopic (exact) mass is 250 g/mol. The molecule has 0 saturated heterocycles. The number of benzene rings is 1. The van der Waals surface area contributed by atoms with Crippen LogP contribution in [0.4, 0.5) is 4.39 Å². The molecule has 0 bridgehead atoms. The lowest BCUT2D eigenvalue weighted by molar-refractivity contribution is 0.0692. The number of carboxylic acids is 1. The van der Waals surface area contributed by atoms with Crippen LogP contribution < -0.4 is 0 Å². The predicted molar refractivity (Wildman–Crippen MR) is 59.5 cm³/mol. The first-order valence-electron chi connectivity index (χ1n) is 4.64. The van der Waals surface area contributed by atoms with Crippen LogP contribution in [0.1, 0.15) is 10.4 Å². The molecule has 2 aromatic rings. The molecular weight excluding hydrogens is 243 g/mol. The van der Waals surface area contributed by atoms with Gasteiger partial charge in [-0.1, -0.05) is 0 Å². The Morgan fingerprint density at radius 1 is 1.29 bits per heavy atom. The van der Waals surface area contributed by atoms with Crippen molar-refractivity contribution in [3.63, 3.8) is 0 Å². The number of hydrogen-bond donors (Lipinski definition) is 1. The third kappa shape index (κ3) is 2.79. The number of halogens is 1. The molecule has 4 nitrogen and oxygen atoms in total. The Morgan fingerprint density at radius 2 is 2.00 bits per heavy atom. The van der Waals surface area contributed by atoms with Crippen LogP contribution in [0.25, 0.3) is 0 Å². The van der Waals surface area contributed by atoms with Gasteiger partial charge in [-0.2, -0.15) is 0 Å². The fourth-order valence-electron chi connectivity index (χ4n) is 1.19. The molecule has 2 rings (SSSR count). The van der Waals surface area contributed by atoms with Crippen molar-refractivity contribution in [2.45, 2.75) is 10.1 Å². The summed E-state index contributed by atoms with van der Waals surface area (Å²) in [5.41, 5.74) is -0.0950. The Kier molecular flexibility index (Phi) is 3.34. The van der Waals surface area contributed by atoms with Crippen LogP contribution in [0, 0.1) is 5.82 Å². The van der Waals surface area contributed by atoms with Crippen molar-refractivity contribution in [2.75, 3.05) is 0 Å². The van der Waals surface area contributed by atoms with Gasteiger partial charge in [-0.3, -0.25) is 0 Å². The molecule has 1 aromatic carbocycles. The molecule has 1 aromatic heterocycles. The largest absolute Gasteiger partial charge is 0.478 e. The van der Waals surface area contributed by atoms with Crippen LogP contribution >= 0.6 is 11.8 Å². The zero-order chi connectivity index (χ0) is 12.3. The first-order valence-corrected chi connectivity index (χ1v) is 5.46. The van der Waals surface area contributed by atoms with Gasteiger partial charge in [0.25, 0.3) is 0 Å². The van der Waals surface area contributed by atoms with Gasteiger partial charge < -0.3 is 5.11 Å². The standard InChI is InChI=1S/C11H7FN2O2S/c12-7-2-3-9(8(6-7)10(15)16)17-11-13-4-1-5-14-11/h1-6H,(H,15,16). The van der Waals surface area contributed by atoms with E-state index in [-0.39, 0.29) is 5.56 Å². The highest BCUT2D eigenvalue weighted by molar-refractivity contribution is 7.99. The summed E-state index contributed by atoms with van der Waals surface area (Å²) in [4.78, 5) is 19.3. The van der Waals surface area contributed by atoms with E-state index in [4.69, 9.17) is 5.11 Å². The van der Waals surface area contributed by atoms with Gasteiger partial charge in [-0.05, 0) is 36.0 Å². The molecule has 1 N–H and O–H groups in total. The molecule has 0 spiro atoms. The van der Waals surface area contributed by atoms with Crippen LogP contribution in [0.3, 0.4) is 0 Å². The summed E-state index contributed by atoms with van der Waals surface area (Å²) in [6.07, 6.45) is 3.11. The summed E-state index contributed by atoms with van der Waals surface area (Å²) < 4.78 is 12.9. The summed E-state index contributed by atoms with van der Waals surface area (Å²) in [7, 11) is 0. The Morgan fingerprint density at radius 3 is 2.65 bits per heavy atom. The molecule has 0 atom stereocenters. The lowest BCUT2D eigenvalue weighted by Gasteiger charge is -2.04. The number of aromatic nitrogens is 2. The number of rotatable bonds is 3. The van der Waals surface area contributed by atoms with Crippen molar-refractivity contribution in [1.29, 1.82) is 0 Å². The van der Waals surface area contributed by atoms with Gasteiger partial charge in [0, 0.05) is 17.3 Å².